The van der Waals surface area contributed by atoms with Crippen molar-refractivity contribution in [3.63, 3.8) is 0 Å². The van der Waals surface area contributed by atoms with E-state index in [0.717, 1.165) is 23.4 Å². The fourth-order valence-corrected chi connectivity index (χ4v) is 5.71. The van der Waals surface area contributed by atoms with Gasteiger partial charge in [0.25, 0.3) is 0 Å². The first-order valence-electron chi connectivity index (χ1n) is 8.79. The van der Waals surface area contributed by atoms with E-state index in [1.165, 1.54) is 19.0 Å². The zero-order chi connectivity index (χ0) is 18.0. The van der Waals surface area contributed by atoms with E-state index in [1.54, 1.807) is 22.2 Å². The Kier molecular flexibility index (Phi) is 4.93. The highest BCUT2D eigenvalue weighted by Crippen LogP contribution is 2.38. The molecule has 7 heteroatoms. The van der Waals surface area contributed by atoms with Gasteiger partial charge in [-0.2, -0.15) is 5.10 Å². The van der Waals surface area contributed by atoms with Crippen molar-refractivity contribution >= 4 is 21.4 Å². The maximum absolute atomic E-state index is 13.0. The Bertz CT molecular complexity index is 944. The van der Waals surface area contributed by atoms with E-state index in [4.69, 9.17) is 0 Å². The summed E-state index contributed by atoms with van der Waals surface area (Å²) in [6.07, 6.45) is 7.44. The molecule has 136 valence electrons. The third kappa shape index (κ3) is 3.60. The summed E-state index contributed by atoms with van der Waals surface area (Å²) in [6.45, 7) is 0. The number of hydrogen-bond donors (Lipinski definition) is 1. The number of nitrogens with zero attached hydrogens (tertiary/aromatic N) is 2. The van der Waals surface area contributed by atoms with Crippen LogP contribution < -0.4 is 4.72 Å². The number of rotatable bonds is 6. The number of nitrogens with one attached hydrogen (secondary N) is 1. The summed E-state index contributed by atoms with van der Waals surface area (Å²) in [5, 5.41) is 6.22. The van der Waals surface area contributed by atoms with Crippen molar-refractivity contribution in [1.82, 2.24) is 14.5 Å². The molecule has 2 heterocycles. The SMILES string of the molecule is O=S(=O)(N[C@@H](c1cccs1)C1CCCC1)c1cnn(-c2ccccc2)c1. The number of sulfonamides is 1. The zero-order valence-electron chi connectivity index (χ0n) is 14.3. The van der Waals surface area contributed by atoms with Crippen molar-refractivity contribution in [3.8, 4) is 5.69 Å². The quantitative estimate of drug-likeness (QED) is 0.691. The molecule has 0 spiro atoms. The Labute approximate surface area is 157 Å². The third-order valence-corrected chi connectivity index (χ3v) is 7.24. The minimum absolute atomic E-state index is 0.164. The van der Waals surface area contributed by atoms with Crippen LogP contribution in [0.2, 0.25) is 0 Å². The van der Waals surface area contributed by atoms with Crippen molar-refractivity contribution in [2.45, 2.75) is 36.6 Å². The number of benzene rings is 1. The van der Waals surface area contributed by atoms with E-state index in [2.05, 4.69) is 9.82 Å². The van der Waals surface area contributed by atoms with Crippen molar-refractivity contribution < 1.29 is 8.42 Å². The molecule has 0 amide bonds. The molecular formula is C19H21N3O2S2. The second kappa shape index (κ2) is 7.34. The summed E-state index contributed by atoms with van der Waals surface area (Å²) in [5.74, 6) is 0.354. The van der Waals surface area contributed by atoms with Crippen LogP contribution in [-0.4, -0.2) is 18.2 Å². The van der Waals surface area contributed by atoms with E-state index in [9.17, 15) is 8.42 Å². The maximum Gasteiger partial charge on any atom is 0.244 e. The summed E-state index contributed by atoms with van der Waals surface area (Å²) < 4.78 is 30.5. The van der Waals surface area contributed by atoms with Gasteiger partial charge in [0.05, 0.1) is 24.1 Å². The molecule has 1 saturated carbocycles. The van der Waals surface area contributed by atoms with Crippen molar-refractivity contribution in [2.75, 3.05) is 0 Å². The fraction of sp³-hybridized carbons (Fsp3) is 0.316. The Morgan fingerprint density at radius 1 is 1.12 bits per heavy atom. The molecule has 26 heavy (non-hydrogen) atoms. The number of aromatic nitrogens is 2. The van der Waals surface area contributed by atoms with Gasteiger partial charge in [-0.05, 0) is 42.3 Å². The lowest BCUT2D eigenvalue weighted by Gasteiger charge is -2.23. The Morgan fingerprint density at radius 3 is 2.58 bits per heavy atom. The zero-order valence-corrected chi connectivity index (χ0v) is 15.9. The molecule has 3 aromatic rings. The Hall–Kier alpha value is -1.96. The normalized spacial score (nSPS) is 16.8. The molecule has 1 fully saturated rings. The van der Waals surface area contributed by atoms with Crippen LogP contribution in [0.5, 0.6) is 0 Å². The average molecular weight is 388 g/mol. The molecule has 1 N–H and O–H groups in total. The average Bonchev–Trinajstić information content (AvgIpc) is 3.43. The Balaban J connectivity index is 1.60. The van der Waals surface area contributed by atoms with E-state index in [0.29, 0.717) is 5.92 Å². The minimum atomic E-state index is -3.64. The van der Waals surface area contributed by atoms with Gasteiger partial charge >= 0.3 is 0 Å². The molecule has 0 bridgehead atoms. The van der Waals surface area contributed by atoms with Crippen LogP contribution in [0, 0.1) is 5.92 Å². The molecule has 0 unspecified atom stereocenters. The van der Waals surface area contributed by atoms with Crippen LogP contribution in [0.25, 0.3) is 5.69 Å². The minimum Gasteiger partial charge on any atom is -0.240 e. The van der Waals surface area contributed by atoms with Crippen LogP contribution in [0.1, 0.15) is 36.6 Å². The summed E-state index contributed by atoms with van der Waals surface area (Å²) in [7, 11) is -3.64. The molecular weight excluding hydrogens is 366 g/mol. The van der Waals surface area contributed by atoms with Crippen molar-refractivity contribution in [3.05, 3.63) is 65.1 Å². The lowest BCUT2D eigenvalue weighted by atomic mass is 9.98. The molecule has 1 atom stereocenters. The summed E-state index contributed by atoms with van der Waals surface area (Å²) >= 11 is 1.61. The van der Waals surface area contributed by atoms with Gasteiger partial charge in [-0.1, -0.05) is 37.1 Å². The smallest absolute Gasteiger partial charge is 0.240 e. The van der Waals surface area contributed by atoms with Gasteiger partial charge in [-0.15, -0.1) is 11.3 Å². The van der Waals surface area contributed by atoms with Gasteiger partial charge in [0.2, 0.25) is 10.0 Å². The van der Waals surface area contributed by atoms with Crippen LogP contribution in [0.3, 0.4) is 0 Å². The topological polar surface area (TPSA) is 64.0 Å². The third-order valence-electron chi connectivity index (χ3n) is 4.89. The summed E-state index contributed by atoms with van der Waals surface area (Å²) in [6, 6.07) is 13.3. The molecule has 5 nitrogen and oxygen atoms in total. The summed E-state index contributed by atoms with van der Waals surface area (Å²) in [4.78, 5) is 1.27. The maximum atomic E-state index is 13.0. The Morgan fingerprint density at radius 2 is 1.88 bits per heavy atom. The molecule has 4 rings (SSSR count). The molecule has 0 radical (unpaired) electrons. The van der Waals surface area contributed by atoms with Crippen LogP contribution >= 0.6 is 11.3 Å². The van der Waals surface area contributed by atoms with Gasteiger partial charge in [0, 0.05) is 4.88 Å². The number of hydrogen-bond acceptors (Lipinski definition) is 4. The molecule has 1 aliphatic carbocycles. The first-order valence-corrected chi connectivity index (χ1v) is 11.2. The van der Waals surface area contributed by atoms with Crippen LogP contribution in [0.4, 0.5) is 0 Å². The van der Waals surface area contributed by atoms with E-state index in [-0.39, 0.29) is 10.9 Å². The molecule has 2 aromatic heterocycles. The number of thiophene rings is 1. The van der Waals surface area contributed by atoms with Crippen molar-refractivity contribution in [2.24, 2.45) is 5.92 Å². The second-order valence-corrected chi connectivity index (χ2v) is 9.31. The fourth-order valence-electron chi connectivity index (χ4n) is 3.55. The lowest BCUT2D eigenvalue weighted by Crippen LogP contribution is -2.32. The molecule has 0 saturated heterocycles. The standard InChI is InChI=1S/C19H21N3O2S2/c23-26(24,17-13-20-22(14-17)16-9-2-1-3-10-16)21-19(15-7-4-5-8-15)18-11-6-12-25-18/h1-3,6,9-15,19,21H,4-5,7-8H2/t19-/m1/s1. The molecule has 0 aliphatic heterocycles. The van der Waals surface area contributed by atoms with Gasteiger partial charge in [0.15, 0.2) is 0 Å². The number of para-hydroxylation sites is 1. The predicted octanol–water partition coefficient (Wildman–Crippen LogP) is 4.14. The predicted molar refractivity (Wildman–Crippen MR) is 103 cm³/mol. The molecule has 1 aliphatic rings. The van der Waals surface area contributed by atoms with Gasteiger partial charge in [0.1, 0.15) is 4.90 Å². The summed E-state index contributed by atoms with van der Waals surface area (Å²) in [5.41, 5.74) is 0.833. The van der Waals surface area contributed by atoms with E-state index < -0.39 is 10.0 Å². The van der Waals surface area contributed by atoms with Crippen LogP contribution in [-0.2, 0) is 10.0 Å². The first kappa shape index (κ1) is 17.5. The highest BCUT2D eigenvalue weighted by molar-refractivity contribution is 7.89. The second-order valence-electron chi connectivity index (χ2n) is 6.62. The van der Waals surface area contributed by atoms with Crippen molar-refractivity contribution in [1.29, 1.82) is 0 Å². The van der Waals surface area contributed by atoms with E-state index in [1.807, 2.05) is 47.8 Å². The van der Waals surface area contributed by atoms with Gasteiger partial charge in [-0.3, -0.25) is 0 Å². The monoisotopic (exact) mass is 387 g/mol. The lowest BCUT2D eigenvalue weighted by molar-refractivity contribution is 0.415. The van der Waals surface area contributed by atoms with Crippen LogP contribution in [0.15, 0.2) is 65.1 Å². The molecule has 1 aromatic carbocycles. The van der Waals surface area contributed by atoms with E-state index >= 15 is 0 Å². The van der Waals surface area contributed by atoms with Gasteiger partial charge < -0.3 is 0 Å². The highest BCUT2D eigenvalue weighted by Gasteiger charge is 2.31. The first-order chi connectivity index (χ1) is 12.6. The largest absolute Gasteiger partial charge is 0.244 e. The highest BCUT2D eigenvalue weighted by atomic mass is 32.2. The van der Waals surface area contributed by atoms with Gasteiger partial charge in [-0.25, -0.2) is 17.8 Å².